The lowest BCUT2D eigenvalue weighted by molar-refractivity contribution is -0.116. The van der Waals surface area contributed by atoms with Crippen molar-refractivity contribution >= 4 is 11.6 Å². The van der Waals surface area contributed by atoms with Crippen molar-refractivity contribution < 1.29 is 18.7 Å². The molecule has 1 N–H and O–H groups in total. The number of amides is 1. The third kappa shape index (κ3) is 4.98. The molecule has 1 amide bonds. The highest BCUT2D eigenvalue weighted by Crippen LogP contribution is 2.26. The zero-order valence-electron chi connectivity index (χ0n) is 13.3. The van der Waals surface area contributed by atoms with Crippen molar-refractivity contribution in [2.45, 2.75) is 20.3 Å². The minimum atomic E-state index is -0.382. The van der Waals surface area contributed by atoms with Crippen LogP contribution in [0, 0.1) is 12.7 Å². The van der Waals surface area contributed by atoms with E-state index >= 15 is 0 Å². The Morgan fingerprint density at radius 3 is 2.52 bits per heavy atom. The molecule has 0 atom stereocenters. The quantitative estimate of drug-likeness (QED) is 0.841. The van der Waals surface area contributed by atoms with Gasteiger partial charge in [-0.05, 0) is 43.7 Å². The van der Waals surface area contributed by atoms with Gasteiger partial charge in [0.05, 0.1) is 19.6 Å². The Morgan fingerprint density at radius 1 is 1.13 bits per heavy atom. The third-order valence-corrected chi connectivity index (χ3v) is 3.21. The van der Waals surface area contributed by atoms with E-state index < -0.39 is 0 Å². The van der Waals surface area contributed by atoms with E-state index in [-0.39, 0.29) is 24.8 Å². The van der Waals surface area contributed by atoms with Crippen molar-refractivity contribution in [3.05, 3.63) is 53.8 Å². The molecule has 0 radical (unpaired) electrons. The number of hydrogen-bond acceptors (Lipinski definition) is 3. The summed E-state index contributed by atoms with van der Waals surface area (Å²) in [6, 6.07) is 11.6. The van der Waals surface area contributed by atoms with Gasteiger partial charge in [-0.1, -0.05) is 18.2 Å². The molecule has 4 nitrogen and oxygen atoms in total. The Labute approximate surface area is 135 Å². The first-order chi connectivity index (χ1) is 11.1. The minimum Gasteiger partial charge on any atom is -0.490 e. The van der Waals surface area contributed by atoms with E-state index in [1.807, 2.05) is 32.0 Å². The molecule has 0 heterocycles. The van der Waals surface area contributed by atoms with Crippen molar-refractivity contribution in [1.82, 2.24) is 0 Å². The van der Waals surface area contributed by atoms with Crippen molar-refractivity contribution in [3.63, 3.8) is 0 Å². The predicted molar refractivity (Wildman–Crippen MR) is 87.5 cm³/mol. The van der Waals surface area contributed by atoms with Crippen LogP contribution in [0.1, 0.15) is 18.9 Å². The van der Waals surface area contributed by atoms with Gasteiger partial charge < -0.3 is 14.8 Å². The summed E-state index contributed by atoms with van der Waals surface area (Å²) in [4.78, 5) is 11.9. The standard InChI is InChI=1S/C18H20FNO3/c1-3-22-16-6-4-5-7-17(16)23-11-10-18(21)20-15-12-14(19)9-8-13(15)2/h4-9,12H,3,10-11H2,1-2H3,(H,20,21). The van der Waals surface area contributed by atoms with Gasteiger partial charge in [-0.2, -0.15) is 0 Å². The van der Waals surface area contributed by atoms with E-state index in [0.717, 1.165) is 5.56 Å². The number of hydrogen-bond donors (Lipinski definition) is 1. The lowest BCUT2D eigenvalue weighted by Gasteiger charge is -2.12. The second-order valence-corrected chi connectivity index (χ2v) is 4.99. The molecule has 0 aliphatic carbocycles. The first kappa shape index (κ1) is 16.8. The molecule has 2 rings (SSSR count). The number of rotatable bonds is 7. The number of carbonyl (C=O) groups excluding carboxylic acids is 1. The number of aryl methyl sites for hydroxylation is 1. The molecule has 0 saturated carbocycles. The number of para-hydroxylation sites is 2. The summed E-state index contributed by atoms with van der Waals surface area (Å²) < 4.78 is 24.2. The monoisotopic (exact) mass is 317 g/mol. The second-order valence-electron chi connectivity index (χ2n) is 4.99. The normalized spacial score (nSPS) is 10.2. The van der Waals surface area contributed by atoms with Crippen LogP contribution in [-0.2, 0) is 4.79 Å². The molecule has 5 heteroatoms. The third-order valence-electron chi connectivity index (χ3n) is 3.21. The maximum atomic E-state index is 13.2. The number of carbonyl (C=O) groups is 1. The van der Waals surface area contributed by atoms with Crippen LogP contribution in [0.4, 0.5) is 10.1 Å². The van der Waals surface area contributed by atoms with Gasteiger partial charge in [0.15, 0.2) is 11.5 Å². The molecule has 2 aromatic carbocycles. The van der Waals surface area contributed by atoms with Crippen LogP contribution in [0.25, 0.3) is 0 Å². The molecule has 0 aromatic heterocycles. The van der Waals surface area contributed by atoms with E-state index in [0.29, 0.717) is 23.8 Å². The summed E-state index contributed by atoms with van der Waals surface area (Å²) in [6.45, 7) is 4.46. The van der Waals surface area contributed by atoms with Gasteiger partial charge in [0.1, 0.15) is 5.82 Å². The average molecular weight is 317 g/mol. The molecular formula is C18H20FNO3. The fourth-order valence-electron chi connectivity index (χ4n) is 2.04. The van der Waals surface area contributed by atoms with Crippen LogP contribution in [0.2, 0.25) is 0 Å². The Balaban J connectivity index is 1.87. The Kier molecular flexibility index (Phi) is 5.97. The van der Waals surface area contributed by atoms with Gasteiger partial charge in [-0.3, -0.25) is 4.79 Å². The Hall–Kier alpha value is -2.56. The Bertz CT molecular complexity index is 673. The molecule has 0 unspecified atom stereocenters. The first-order valence-electron chi connectivity index (χ1n) is 7.50. The summed E-state index contributed by atoms with van der Waals surface area (Å²) in [5.41, 5.74) is 1.28. The summed E-state index contributed by atoms with van der Waals surface area (Å²) in [6.07, 6.45) is 0.163. The van der Waals surface area contributed by atoms with Crippen LogP contribution in [0.3, 0.4) is 0 Å². The number of ether oxygens (including phenoxy) is 2. The molecule has 0 fully saturated rings. The van der Waals surface area contributed by atoms with E-state index in [1.54, 1.807) is 12.1 Å². The largest absolute Gasteiger partial charge is 0.490 e. The molecule has 2 aromatic rings. The summed E-state index contributed by atoms with van der Waals surface area (Å²) in [7, 11) is 0. The predicted octanol–water partition coefficient (Wildman–Crippen LogP) is 3.94. The maximum absolute atomic E-state index is 13.2. The Morgan fingerprint density at radius 2 is 1.83 bits per heavy atom. The highest BCUT2D eigenvalue weighted by Gasteiger charge is 2.08. The number of anilines is 1. The van der Waals surface area contributed by atoms with E-state index in [4.69, 9.17) is 9.47 Å². The van der Waals surface area contributed by atoms with Crippen molar-refractivity contribution in [2.75, 3.05) is 18.5 Å². The number of nitrogens with one attached hydrogen (secondary N) is 1. The lowest BCUT2D eigenvalue weighted by atomic mass is 10.2. The van der Waals surface area contributed by atoms with Crippen LogP contribution < -0.4 is 14.8 Å². The highest BCUT2D eigenvalue weighted by atomic mass is 19.1. The van der Waals surface area contributed by atoms with Crippen molar-refractivity contribution in [3.8, 4) is 11.5 Å². The van der Waals surface area contributed by atoms with Gasteiger partial charge in [-0.15, -0.1) is 0 Å². The van der Waals surface area contributed by atoms with Crippen LogP contribution >= 0.6 is 0 Å². The lowest BCUT2D eigenvalue weighted by Crippen LogP contribution is -2.16. The molecule has 0 aliphatic heterocycles. The minimum absolute atomic E-state index is 0.163. The van der Waals surface area contributed by atoms with E-state index in [1.165, 1.54) is 12.1 Å². The molecule has 122 valence electrons. The first-order valence-corrected chi connectivity index (χ1v) is 7.50. The molecule has 23 heavy (non-hydrogen) atoms. The van der Waals surface area contributed by atoms with Gasteiger partial charge >= 0.3 is 0 Å². The summed E-state index contributed by atoms with van der Waals surface area (Å²) in [5, 5.41) is 2.69. The molecule has 0 saturated heterocycles. The zero-order valence-corrected chi connectivity index (χ0v) is 13.3. The second kappa shape index (κ2) is 8.17. The fourth-order valence-corrected chi connectivity index (χ4v) is 2.04. The number of halogens is 1. The van der Waals surface area contributed by atoms with Crippen LogP contribution in [-0.4, -0.2) is 19.1 Å². The van der Waals surface area contributed by atoms with Gasteiger partial charge in [-0.25, -0.2) is 4.39 Å². The SMILES string of the molecule is CCOc1ccccc1OCCC(=O)Nc1cc(F)ccc1C. The van der Waals surface area contributed by atoms with Gasteiger partial charge in [0.2, 0.25) is 5.91 Å². The molecule has 0 bridgehead atoms. The zero-order chi connectivity index (χ0) is 16.7. The number of benzene rings is 2. The van der Waals surface area contributed by atoms with Gasteiger partial charge in [0.25, 0.3) is 0 Å². The average Bonchev–Trinajstić information content (AvgIpc) is 2.53. The molecule has 0 aliphatic rings. The molecular weight excluding hydrogens is 297 g/mol. The highest BCUT2D eigenvalue weighted by molar-refractivity contribution is 5.91. The summed E-state index contributed by atoms with van der Waals surface area (Å²) in [5.74, 6) is 0.640. The maximum Gasteiger partial charge on any atom is 0.227 e. The topological polar surface area (TPSA) is 47.6 Å². The molecule has 0 spiro atoms. The van der Waals surface area contributed by atoms with E-state index in [2.05, 4.69) is 5.32 Å². The van der Waals surface area contributed by atoms with Crippen molar-refractivity contribution in [2.24, 2.45) is 0 Å². The summed E-state index contributed by atoms with van der Waals surface area (Å²) >= 11 is 0. The van der Waals surface area contributed by atoms with Gasteiger partial charge in [0, 0.05) is 5.69 Å². The van der Waals surface area contributed by atoms with Crippen molar-refractivity contribution in [1.29, 1.82) is 0 Å². The van der Waals surface area contributed by atoms with Crippen LogP contribution in [0.5, 0.6) is 11.5 Å². The smallest absolute Gasteiger partial charge is 0.227 e. The van der Waals surface area contributed by atoms with E-state index in [9.17, 15) is 9.18 Å². The fraction of sp³-hybridized carbons (Fsp3) is 0.278. The van der Waals surface area contributed by atoms with Crippen LogP contribution in [0.15, 0.2) is 42.5 Å².